The lowest BCUT2D eigenvalue weighted by molar-refractivity contribution is 0.122. The summed E-state index contributed by atoms with van der Waals surface area (Å²) in [7, 11) is 0. The Morgan fingerprint density at radius 3 is 2.70 bits per heavy atom. The zero-order valence-corrected chi connectivity index (χ0v) is 13.7. The molecule has 1 N–H and O–H groups in total. The van der Waals surface area contributed by atoms with E-state index < -0.39 is 0 Å². The molecule has 23 heavy (non-hydrogen) atoms. The Balaban J connectivity index is 1.52. The molecular formula is C18H19N3OS. The van der Waals surface area contributed by atoms with Gasteiger partial charge in [-0.3, -0.25) is 0 Å². The van der Waals surface area contributed by atoms with Crippen molar-refractivity contribution in [1.29, 1.82) is 0 Å². The predicted octanol–water partition coefficient (Wildman–Crippen LogP) is 3.75. The average molecular weight is 325 g/mol. The lowest BCUT2D eigenvalue weighted by Gasteiger charge is -2.30. The number of fused-ring (bicyclic) bond motifs is 1. The number of para-hydroxylation sites is 2. The number of hydrogen-bond acceptors (Lipinski definition) is 5. The van der Waals surface area contributed by atoms with Gasteiger partial charge in [0.05, 0.1) is 23.4 Å². The quantitative estimate of drug-likeness (QED) is 0.793. The Kier molecular flexibility index (Phi) is 4.13. The van der Waals surface area contributed by atoms with Gasteiger partial charge in [-0.2, -0.15) is 0 Å². The Morgan fingerprint density at radius 1 is 1.04 bits per heavy atom. The van der Waals surface area contributed by atoms with E-state index in [4.69, 9.17) is 4.74 Å². The molecule has 4 rings (SSSR count). The summed E-state index contributed by atoms with van der Waals surface area (Å²) in [5, 5.41) is 4.45. The van der Waals surface area contributed by atoms with Gasteiger partial charge >= 0.3 is 0 Å². The third-order valence-corrected chi connectivity index (χ3v) is 5.06. The summed E-state index contributed by atoms with van der Waals surface area (Å²) in [6.07, 6.45) is 0. The van der Waals surface area contributed by atoms with Gasteiger partial charge in [0.15, 0.2) is 5.13 Å². The van der Waals surface area contributed by atoms with E-state index in [1.54, 1.807) is 11.3 Å². The van der Waals surface area contributed by atoms with Crippen LogP contribution in [0.15, 0.2) is 48.5 Å². The van der Waals surface area contributed by atoms with Crippen LogP contribution in [0.25, 0.3) is 10.2 Å². The number of morpholine rings is 1. The second-order valence-electron chi connectivity index (χ2n) is 5.57. The highest BCUT2D eigenvalue weighted by Gasteiger charge is 2.14. The van der Waals surface area contributed by atoms with Crippen molar-refractivity contribution in [1.82, 2.24) is 4.98 Å². The van der Waals surface area contributed by atoms with Gasteiger partial charge in [0, 0.05) is 25.3 Å². The van der Waals surface area contributed by atoms with Crippen LogP contribution < -0.4 is 10.2 Å². The fraction of sp³-hybridized carbons (Fsp3) is 0.278. The van der Waals surface area contributed by atoms with E-state index in [2.05, 4.69) is 57.7 Å². The maximum absolute atomic E-state index is 5.46. The summed E-state index contributed by atoms with van der Waals surface area (Å²) < 4.78 is 6.68. The van der Waals surface area contributed by atoms with E-state index >= 15 is 0 Å². The first-order chi connectivity index (χ1) is 11.4. The minimum atomic E-state index is 0.785. The van der Waals surface area contributed by atoms with Crippen LogP contribution >= 0.6 is 11.3 Å². The number of ether oxygens (including phenoxy) is 1. The predicted molar refractivity (Wildman–Crippen MR) is 96.4 cm³/mol. The molecule has 1 aliphatic heterocycles. The molecular weight excluding hydrogens is 306 g/mol. The van der Waals surface area contributed by atoms with Crippen molar-refractivity contribution in [3.8, 4) is 0 Å². The fourth-order valence-electron chi connectivity index (χ4n) is 2.89. The summed E-state index contributed by atoms with van der Waals surface area (Å²) in [5.41, 5.74) is 3.65. The third-order valence-electron chi connectivity index (χ3n) is 4.07. The number of hydrogen-bond donors (Lipinski definition) is 1. The molecule has 118 valence electrons. The van der Waals surface area contributed by atoms with E-state index in [1.165, 1.54) is 16.0 Å². The van der Waals surface area contributed by atoms with Crippen molar-refractivity contribution >= 4 is 32.4 Å². The highest BCUT2D eigenvalue weighted by Crippen LogP contribution is 2.27. The first-order valence-electron chi connectivity index (χ1n) is 7.90. The molecule has 1 saturated heterocycles. The Hall–Kier alpha value is -2.11. The number of nitrogens with one attached hydrogen (secondary N) is 1. The van der Waals surface area contributed by atoms with Crippen LogP contribution in [0.2, 0.25) is 0 Å². The van der Waals surface area contributed by atoms with E-state index in [-0.39, 0.29) is 0 Å². The van der Waals surface area contributed by atoms with E-state index in [1.807, 2.05) is 6.07 Å². The lowest BCUT2D eigenvalue weighted by Crippen LogP contribution is -2.36. The largest absolute Gasteiger partial charge is 0.378 e. The van der Waals surface area contributed by atoms with Crippen LogP contribution in [0.5, 0.6) is 0 Å². The summed E-state index contributed by atoms with van der Waals surface area (Å²) in [4.78, 5) is 7.05. The molecule has 0 radical (unpaired) electrons. The smallest absolute Gasteiger partial charge is 0.184 e. The zero-order valence-electron chi connectivity index (χ0n) is 12.9. The van der Waals surface area contributed by atoms with Gasteiger partial charge in [0.1, 0.15) is 0 Å². The summed E-state index contributed by atoms with van der Waals surface area (Å²) in [6.45, 7) is 4.31. The minimum Gasteiger partial charge on any atom is -0.378 e. The van der Waals surface area contributed by atoms with Crippen molar-refractivity contribution in [2.75, 3.05) is 36.5 Å². The lowest BCUT2D eigenvalue weighted by atomic mass is 10.1. The molecule has 2 heterocycles. The van der Waals surface area contributed by atoms with Crippen LogP contribution in [-0.2, 0) is 11.3 Å². The second-order valence-corrected chi connectivity index (χ2v) is 6.60. The van der Waals surface area contributed by atoms with E-state index in [0.717, 1.165) is 43.5 Å². The van der Waals surface area contributed by atoms with Crippen molar-refractivity contribution in [3.05, 3.63) is 54.1 Å². The van der Waals surface area contributed by atoms with Crippen LogP contribution in [-0.4, -0.2) is 31.3 Å². The highest BCUT2D eigenvalue weighted by molar-refractivity contribution is 7.22. The van der Waals surface area contributed by atoms with Crippen LogP contribution in [0, 0.1) is 0 Å². The molecule has 0 aliphatic carbocycles. The van der Waals surface area contributed by atoms with Gasteiger partial charge in [-0.1, -0.05) is 41.7 Å². The first-order valence-corrected chi connectivity index (χ1v) is 8.72. The average Bonchev–Trinajstić information content (AvgIpc) is 3.04. The maximum Gasteiger partial charge on any atom is 0.184 e. The SMILES string of the molecule is c1ccc(N2CCOCC2)c(CNc2nc3ccccc3s2)c1. The molecule has 3 aromatic rings. The van der Waals surface area contributed by atoms with Gasteiger partial charge in [0.2, 0.25) is 0 Å². The number of anilines is 2. The van der Waals surface area contributed by atoms with Crippen molar-refractivity contribution < 1.29 is 4.74 Å². The molecule has 0 spiro atoms. The number of rotatable bonds is 4. The molecule has 2 aromatic carbocycles. The molecule has 0 amide bonds. The van der Waals surface area contributed by atoms with Crippen LogP contribution in [0.1, 0.15) is 5.56 Å². The molecule has 0 unspecified atom stereocenters. The minimum absolute atomic E-state index is 0.785. The number of benzene rings is 2. The van der Waals surface area contributed by atoms with E-state index in [9.17, 15) is 0 Å². The third kappa shape index (κ3) is 3.16. The molecule has 0 saturated carbocycles. The van der Waals surface area contributed by atoms with Crippen molar-refractivity contribution in [2.45, 2.75) is 6.54 Å². The van der Waals surface area contributed by atoms with Crippen molar-refractivity contribution in [3.63, 3.8) is 0 Å². The number of aromatic nitrogens is 1. The van der Waals surface area contributed by atoms with Crippen molar-refractivity contribution in [2.24, 2.45) is 0 Å². The molecule has 0 atom stereocenters. The number of nitrogens with zero attached hydrogens (tertiary/aromatic N) is 2. The van der Waals surface area contributed by atoms with Gasteiger partial charge in [-0.25, -0.2) is 4.98 Å². The van der Waals surface area contributed by atoms with Gasteiger partial charge < -0.3 is 15.0 Å². The summed E-state index contributed by atoms with van der Waals surface area (Å²) in [5.74, 6) is 0. The second kappa shape index (κ2) is 6.56. The Morgan fingerprint density at radius 2 is 1.83 bits per heavy atom. The van der Waals surface area contributed by atoms with Gasteiger partial charge in [-0.05, 0) is 23.8 Å². The summed E-state index contributed by atoms with van der Waals surface area (Å²) in [6, 6.07) is 16.8. The molecule has 5 heteroatoms. The standard InChI is InChI=1S/C18H19N3OS/c1-3-7-16(21-9-11-22-12-10-21)14(5-1)13-19-18-20-15-6-2-4-8-17(15)23-18/h1-8H,9-13H2,(H,19,20). The Labute approximate surface area is 139 Å². The van der Waals surface area contributed by atoms with Crippen LogP contribution in [0.4, 0.5) is 10.8 Å². The summed E-state index contributed by atoms with van der Waals surface area (Å²) >= 11 is 1.70. The Bertz CT molecular complexity index is 763. The maximum atomic E-state index is 5.46. The molecule has 1 fully saturated rings. The van der Waals surface area contributed by atoms with Crippen LogP contribution in [0.3, 0.4) is 0 Å². The van der Waals surface area contributed by atoms with Gasteiger partial charge in [0.25, 0.3) is 0 Å². The molecule has 1 aliphatic rings. The highest BCUT2D eigenvalue weighted by atomic mass is 32.1. The topological polar surface area (TPSA) is 37.4 Å². The zero-order chi connectivity index (χ0) is 15.5. The number of thiazole rings is 1. The first kappa shape index (κ1) is 14.5. The fourth-order valence-corrected chi connectivity index (χ4v) is 3.75. The molecule has 4 nitrogen and oxygen atoms in total. The normalized spacial score (nSPS) is 15.0. The monoisotopic (exact) mass is 325 g/mol. The van der Waals surface area contributed by atoms with Gasteiger partial charge in [-0.15, -0.1) is 0 Å². The van der Waals surface area contributed by atoms with E-state index in [0.29, 0.717) is 0 Å². The molecule has 0 bridgehead atoms. The molecule has 1 aromatic heterocycles.